The molecule has 0 radical (unpaired) electrons. The molecule has 1 saturated carbocycles. The van der Waals surface area contributed by atoms with Crippen molar-refractivity contribution in [1.29, 1.82) is 0 Å². The number of anilines is 2. The molecule has 20 heavy (non-hydrogen) atoms. The van der Waals surface area contributed by atoms with Crippen molar-refractivity contribution in [2.75, 3.05) is 23.7 Å². The quantitative estimate of drug-likeness (QED) is 0.829. The Hall–Kier alpha value is -1.63. The van der Waals surface area contributed by atoms with E-state index in [1.807, 2.05) is 0 Å². The van der Waals surface area contributed by atoms with Gasteiger partial charge in [0.25, 0.3) is 0 Å². The first-order valence-corrected chi connectivity index (χ1v) is 8.31. The van der Waals surface area contributed by atoms with Crippen LogP contribution in [0.5, 0.6) is 11.5 Å². The molecule has 1 aliphatic carbocycles. The third-order valence-electron chi connectivity index (χ3n) is 3.71. The van der Waals surface area contributed by atoms with Crippen molar-refractivity contribution in [1.82, 2.24) is 0 Å². The van der Waals surface area contributed by atoms with E-state index in [-0.39, 0.29) is 5.25 Å². The minimum absolute atomic E-state index is 0.324. The van der Waals surface area contributed by atoms with Gasteiger partial charge in [0.2, 0.25) is 10.0 Å². The second-order valence-electron chi connectivity index (χ2n) is 5.14. The highest BCUT2D eigenvalue weighted by molar-refractivity contribution is 7.93. The van der Waals surface area contributed by atoms with Crippen LogP contribution in [0, 0.1) is 0 Å². The van der Waals surface area contributed by atoms with Gasteiger partial charge in [-0.15, -0.1) is 0 Å². The first-order valence-electron chi connectivity index (χ1n) is 6.77. The number of sulfonamides is 1. The highest BCUT2D eigenvalue weighted by Crippen LogP contribution is 2.38. The Kier molecular flexibility index (Phi) is 3.37. The van der Waals surface area contributed by atoms with Gasteiger partial charge in [-0.05, 0) is 12.8 Å². The summed E-state index contributed by atoms with van der Waals surface area (Å²) in [6.45, 7) is 0.922. The van der Waals surface area contributed by atoms with Crippen molar-refractivity contribution in [2.24, 2.45) is 0 Å². The molecular formula is C13H18N2O4S. The van der Waals surface area contributed by atoms with Gasteiger partial charge in [-0.25, -0.2) is 8.42 Å². The van der Waals surface area contributed by atoms with E-state index < -0.39 is 10.0 Å². The van der Waals surface area contributed by atoms with E-state index in [2.05, 4.69) is 4.72 Å². The second kappa shape index (κ2) is 5.05. The fourth-order valence-electron chi connectivity index (χ4n) is 2.63. The molecule has 0 amide bonds. The molecule has 1 heterocycles. The molecule has 1 aliphatic heterocycles. The van der Waals surface area contributed by atoms with Gasteiger partial charge >= 0.3 is 0 Å². The number of rotatable bonds is 3. The number of benzene rings is 1. The molecule has 7 heteroatoms. The zero-order chi connectivity index (χ0) is 14.2. The summed E-state index contributed by atoms with van der Waals surface area (Å²) in [6, 6.07) is 3.19. The highest BCUT2D eigenvalue weighted by atomic mass is 32.2. The Morgan fingerprint density at radius 3 is 2.35 bits per heavy atom. The van der Waals surface area contributed by atoms with Gasteiger partial charge in [-0.2, -0.15) is 0 Å². The summed E-state index contributed by atoms with van der Waals surface area (Å²) in [6.07, 6.45) is 3.34. The van der Waals surface area contributed by atoms with E-state index >= 15 is 0 Å². The summed E-state index contributed by atoms with van der Waals surface area (Å²) >= 11 is 0. The third kappa shape index (κ3) is 2.49. The minimum atomic E-state index is -3.39. The summed E-state index contributed by atoms with van der Waals surface area (Å²) < 4.78 is 38.0. The Morgan fingerprint density at radius 1 is 1.10 bits per heavy atom. The van der Waals surface area contributed by atoms with Crippen molar-refractivity contribution in [3.8, 4) is 11.5 Å². The van der Waals surface area contributed by atoms with E-state index in [1.165, 1.54) is 0 Å². The zero-order valence-electron chi connectivity index (χ0n) is 11.1. The monoisotopic (exact) mass is 298 g/mol. The van der Waals surface area contributed by atoms with Crippen LogP contribution in [0.1, 0.15) is 25.7 Å². The molecule has 0 aromatic heterocycles. The van der Waals surface area contributed by atoms with Gasteiger partial charge in [0.1, 0.15) is 13.2 Å². The van der Waals surface area contributed by atoms with Crippen molar-refractivity contribution >= 4 is 21.4 Å². The van der Waals surface area contributed by atoms with Gasteiger partial charge in [-0.3, -0.25) is 4.72 Å². The van der Waals surface area contributed by atoms with Crippen molar-refractivity contribution in [3.63, 3.8) is 0 Å². The molecule has 3 N–H and O–H groups in total. The van der Waals surface area contributed by atoms with Crippen molar-refractivity contribution in [2.45, 2.75) is 30.9 Å². The van der Waals surface area contributed by atoms with Crippen molar-refractivity contribution < 1.29 is 17.9 Å². The predicted molar refractivity (Wildman–Crippen MR) is 76.6 cm³/mol. The molecule has 0 spiro atoms. The largest absolute Gasteiger partial charge is 0.486 e. The first kappa shape index (κ1) is 13.4. The summed E-state index contributed by atoms with van der Waals surface area (Å²) in [5.74, 6) is 1.08. The Bertz CT molecular complexity index is 609. The molecule has 0 unspecified atom stereocenters. The first-order chi connectivity index (χ1) is 9.56. The Labute approximate surface area is 118 Å². The number of nitrogens with two attached hydrogens (primary N) is 1. The summed E-state index contributed by atoms with van der Waals surface area (Å²) in [4.78, 5) is 0. The van der Waals surface area contributed by atoms with Crippen LogP contribution in [0.25, 0.3) is 0 Å². The standard InChI is InChI=1S/C13H18N2O4S/c14-10-7-12-13(19-6-5-18-12)8-11(10)15-20(16,17)9-3-1-2-4-9/h7-9,15H,1-6,14H2. The number of nitrogens with one attached hydrogen (secondary N) is 1. The molecule has 1 aromatic carbocycles. The third-order valence-corrected chi connectivity index (χ3v) is 5.56. The zero-order valence-corrected chi connectivity index (χ0v) is 11.9. The number of hydrogen-bond donors (Lipinski definition) is 2. The van der Waals surface area contributed by atoms with E-state index in [4.69, 9.17) is 15.2 Å². The number of ether oxygens (including phenoxy) is 2. The van der Waals surface area contributed by atoms with Gasteiger partial charge in [0.15, 0.2) is 11.5 Å². The fourth-order valence-corrected chi connectivity index (χ4v) is 4.23. The molecule has 1 aromatic rings. The van der Waals surface area contributed by atoms with Crippen LogP contribution in [0.3, 0.4) is 0 Å². The van der Waals surface area contributed by atoms with E-state index in [0.29, 0.717) is 48.9 Å². The summed E-state index contributed by atoms with van der Waals surface area (Å²) in [5.41, 5.74) is 6.59. The van der Waals surface area contributed by atoms with E-state index in [9.17, 15) is 8.42 Å². The second-order valence-corrected chi connectivity index (χ2v) is 7.10. The maximum absolute atomic E-state index is 12.3. The smallest absolute Gasteiger partial charge is 0.235 e. The topological polar surface area (TPSA) is 90.7 Å². The van der Waals surface area contributed by atoms with Gasteiger partial charge in [-0.1, -0.05) is 12.8 Å². The number of hydrogen-bond acceptors (Lipinski definition) is 5. The van der Waals surface area contributed by atoms with Crippen LogP contribution in [-0.4, -0.2) is 26.9 Å². The van der Waals surface area contributed by atoms with Crippen LogP contribution >= 0.6 is 0 Å². The molecule has 1 fully saturated rings. The fraction of sp³-hybridized carbons (Fsp3) is 0.538. The average Bonchev–Trinajstić information content (AvgIpc) is 2.94. The molecule has 6 nitrogen and oxygen atoms in total. The molecule has 0 bridgehead atoms. The average molecular weight is 298 g/mol. The molecule has 110 valence electrons. The van der Waals surface area contributed by atoms with Gasteiger partial charge in [0, 0.05) is 12.1 Å². The Morgan fingerprint density at radius 2 is 1.70 bits per heavy atom. The SMILES string of the molecule is Nc1cc2c(cc1NS(=O)(=O)C1CCCC1)OCCO2. The molecule has 0 saturated heterocycles. The summed E-state index contributed by atoms with van der Waals surface area (Å²) in [5, 5.41) is -0.324. The maximum atomic E-state index is 12.3. The van der Waals surface area contributed by atoms with Crippen LogP contribution in [-0.2, 0) is 10.0 Å². The minimum Gasteiger partial charge on any atom is -0.486 e. The van der Waals surface area contributed by atoms with Crippen molar-refractivity contribution in [3.05, 3.63) is 12.1 Å². The summed E-state index contributed by atoms with van der Waals surface area (Å²) in [7, 11) is -3.39. The molecule has 3 rings (SSSR count). The highest BCUT2D eigenvalue weighted by Gasteiger charge is 2.29. The van der Waals surface area contributed by atoms with Crippen LogP contribution in [0.4, 0.5) is 11.4 Å². The van der Waals surface area contributed by atoms with Gasteiger partial charge in [0.05, 0.1) is 16.6 Å². The lowest BCUT2D eigenvalue weighted by atomic mass is 10.2. The van der Waals surface area contributed by atoms with Crippen LogP contribution in [0.15, 0.2) is 12.1 Å². The van der Waals surface area contributed by atoms with Gasteiger partial charge < -0.3 is 15.2 Å². The number of nitrogen functional groups attached to an aromatic ring is 1. The molecule has 2 aliphatic rings. The predicted octanol–water partition coefficient (Wildman–Crippen LogP) is 1.72. The maximum Gasteiger partial charge on any atom is 0.235 e. The lowest BCUT2D eigenvalue weighted by molar-refractivity contribution is 0.172. The van der Waals surface area contributed by atoms with E-state index in [1.54, 1.807) is 12.1 Å². The van der Waals surface area contributed by atoms with E-state index in [0.717, 1.165) is 12.8 Å². The molecule has 0 atom stereocenters. The lowest BCUT2D eigenvalue weighted by Crippen LogP contribution is -2.26. The van der Waals surface area contributed by atoms with Crippen LogP contribution in [0.2, 0.25) is 0 Å². The lowest BCUT2D eigenvalue weighted by Gasteiger charge is -2.21. The number of fused-ring (bicyclic) bond motifs is 1. The Balaban J connectivity index is 1.87. The molecular weight excluding hydrogens is 280 g/mol. The normalized spacial score (nSPS) is 19.0. The van der Waals surface area contributed by atoms with Crippen LogP contribution < -0.4 is 19.9 Å².